The van der Waals surface area contributed by atoms with Crippen molar-refractivity contribution in [1.29, 1.82) is 0 Å². The second-order valence-electron chi connectivity index (χ2n) is 7.89. The number of carbonyl (C=O) groups is 2. The Bertz CT molecular complexity index is 471. The quantitative estimate of drug-likeness (QED) is 0.579. The molecule has 27 heavy (non-hydrogen) atoms. The van der Waals surface area contributed by atoms with Gasteiger partial charge in [0.1, 0.15) is 0 Å². The summed E-state index contributed by atoms with van der Waals surface area (Å²) in [6.45, 7) is 3.73. The number of hydrogen-bond donors (Lipinski definition) is 2. The van der Waals surface area contributed by atoms with Gasteiger partial charge in [0.25, 0.3) is 0 Å². The van der Waals surface area contributed by atoms with Crippen LogP contribution in [0, 0.1) is 0 Å². The molecule has 1 atom stereocenters. The van der Waals surface area contributed by atoms with Crippen molar-refractivity contribution < 1.29 is 19.4 Å². The predicted molar refractivity (Wildman–Crippen MR) is 104 cm³/mol. The number of rotatable bonds is 9. The third kappa shape index (κ3) is 8.02. The Morgan fingerprint density at radius 3 is 2.67 bits per heavy atom. The highest BCUT2D eigenvalue weighted by molar-refractivity contribution is 5.74. The molecule has 0 radical (unpaired) electrons. The Kier molecular flexibility index (Phi) is 9.30. The van der Waals surface area contributed by atoms with Crippen molar-refractivity contribution in [1.82, 2.24) is 20.0 Å². The predicted octanol–water partition coefficient (Wildman–Crippen LogP) is 1.07. The lowest BCUT2D eigenvalue weighted by molar-refractivity contribution is -0.138. The van der Waals surface area contributed by atoms with Gasteiger partial charge in [0.05, 0.1) is 19.3 Å². The molecular formula is C19H36N4O4. The summed E-state index contributed by atoms with van der Waals surface area (Å²) in [7, 11) is 3.94. The fraction of sp³-hybridized carbons (Fsp3) is 0.895. The first kappa shape index (κ1) is 21.9. The smallest absolute Gasteiger partial charge is 0.317 e. The lowest BCUT2D eigenvalue weighted by Crippen LogP contribution is -2.52. The molecule has 1 aliphatic carbocycles. The minimum absolute atomic E-state index is 0.0272. The van der Waals surface area contributed by atoms with Crippen molar-refractivity contribution in [3.05, 3.63) is 0 Å². The van der Waals surface area contributed by atoms with Crippen LogP contribution in [0.4, 0.5) is 4.79 Å². The minimum atomic E-state index is -0.860. The van der Waals surface area contributed by atoms with Crippen molar-refractivity contribution in [2.45, 2.75) is 50.7 Å². The van der Waals surface area contributed by atoms with Crippen molar-refractivity contribution in [3.63, 3.8) is 0 Å². The van der Waals surface area contributed by atoms with Gasteiger partial charge >= 0.3 is 12.0 Å². The van der Waals surface area contributed by atoms with E-state index in [1.807, 2.05) is 0 Å². The molecule has 0 aromatic rings. The normalized spacial score (nSPS) is 21.6. The number of nitrogens with one attached hydrogen (secondary N) is 1. The Hall–Kier alpha value is -1.38. The second kappa shape index (κ2) is 11.5. The lowest BCUT2D eigenvalue weighted by Gasteiger charge is -2.34. The molecule has 0 aromatic heterocycles. The molecule has 0 spiro atoms. The standard InChI is InChI=1S/C19H36N4O4/c1-21(15-18(24)25)13-17-14-23(11-12-27-17)19(26)20-9-6-10-22(2)16-7-4-3-5-8-16/h16-17H,3-15H2,1-2H3,(H,20,26)(H,24,25). The number of morpholine rings is 1. The average Bonchev–Trinajstić information content (AvgIpc) is 2.65. The number of amides is 2. The Labute approximate surface area is 162 Å². The van der Waals surface area contributed by atoms with Gasteiger partial charge in [-0.25, -0.2) is 4.79 Å². The zero-order valence-corrected chi connectivity index (χ0v) is 16.9. The van der Waals surface area contributed by atoms with Crippen LogP contribution in [-0.4, -0.2) is 104 Å². The summed E-state index contributed by atoms with van der Waals surface area (Å²) >= 11 is 0. The van der Waals surface area contributed by atoms with Crippen LogP contribution in [-0.2, 0) is 9.53 Å². The lowest BCUT2D eigenvalue weighted by atomic mass is 9.94. The first-order valence-corrected chi connectivity index (χ1v) is 10.2. The summed E-state index contributed by atoms with van der Waals surface area (Å²) in [5.74, 6) is -0.860. The first-order chi connectivity index (χ1) is 13.0. The minimum Gasteiger partial charge on any atom is -0.480 e. The van der Waals surface area contributed by atoms with Crippen LogP contribution in [0.25, 0.3) is 0 Å². The molecule has 8 heteroatoms. The molecule has 1 saturated carbocycles. The number of hydrogen-bond acceptors (Lipinski definition) is 5. The van der Waals surface area contributed by atoms with Crippen LogP contribution in [0.15, 0.2) is 0 Å². The van der Waals surface area contributed by atoms with Gasteiger partial charge in [-0.15, -0.1) is 0 Å². The van der Waals surface area contributed by atoms with Crippen LogP contribution < -0.4 is 5.32 Å². The number of carbonyl (C=O) groups excluding carboxylic acids is 1. The molecule has 8 nitrogen and oxygen atoms in total. The molecule has 2 N–H and O–H groups in total. The maximum atomic E-state index is 12.4. The fourth-order valence-corrected chi connectivity index (χ4v) is 4.00. The molecule has 2 fully saturated rings. The molecule has 1 aliphatic heterocycles. The summed E-state index contributed by atoms with van der Waals surface area (Å²) in [6.07, 6.45) is 7.45. The fourth-order valence-electron chi connectivity index (χ4n) is 4.00. The average molecular weight is 385 g/mol. The van der Waals surface area contributed by atoms with E-state index in [1.54, 1.807) is 16.8 Å². The van der Waals surface area contributed by atoms with Gasteiger partial charge in [0, 0.05) is 32.2 Å². The van der Waals surface area contributed by atoms with E-state index >= 15 is 0 Å². The molecule has 0 aromatic carbocycles. The first-order valence-electron chi connectivity index (χ1n) is 10.2. The number of ether oxygens (including phenoxy) is 1. The SMILES string of the molecule is CN(CC(=O)O)CC1CN(C(=O)NCCCN(C)C2CCCCC2)CCO1. The molecule has 1 saturated heterocycles. The monoisotopic (exact) mass is 384 g/mol. The Balaban J connectivity index is 1.62. The molecule has 156 valence electrons. The van der Waals surface area contributed by atoms with Gasteiger partial charge in [-0.1, -0.05) is 19.3 Å². The van der Waals surface area contributed by atoms with Gasteiger partial charge in [0.15, 0.2) is 0 Å². The highest BCUT2D eigenvalue weighted by Crippen LogP contribution is 2.21. The zero-order valence-electron chi connectivity index (χ0n) is 16.9. The number of carboxylic acid groups (broad SMARTS) is 1. The summed E-state index contributed by atoms with van der Waals surface area (Å²) in [6, 6.07) is 0.654. The van der Waals surface area contributed by atoms with E-state index in [2.05, 4.69) is 17.3 Å². The molecule has 1 unspecified atom stereocenters. The van der Waals surface area contributed by atoms with Crippen molar-refractivity contribution >= 4 is 12.0 Å². The third-order valence-electron chi connectivity index (χ3n) is 5.51. The summed E-state index contributed by atoms with van der Waals surface area (Å²) < 4.78 is 5.67. The number of nitrogens with zero attached hydrogens (tertiary/aromatic N) is 3. The van der Waals surface area contributed by atoms with E-state index < -0.39 is 5.97 Å². The van der Waals surface area contributed by atoms with Gasteiger partial charge in [-0.3, -0.25) is 9.69 Å². The number of aliphatic carboxylic acids is 1. The molecular weight excluding hydrogens is 348 g/mol. The topological polar surface area (TPSA) is 85.4 Å². The van der Waals surface area contributed by atoms with Gasteiger partial charge in [-0.2, -0.15) is 0 Å². The van der Waals surface area contributed by atoms with Crippen LogP contribution in [0.3, 0.4) is 0 Å². The zero-order chi connectivity index (χ0) is 19.6. The second-order valence-corrected chi connectivity index (χ2v) is 7.89. The van der Waals surface area contributed by atoms with Gasteiger partial charge < -0.3 is 25.0 Å². The number of urea groups is 1. The Morgan fingerprint density at radius 1 is 1.22 bits per heavy atom. The van der Waals surface area contributed by atoms with E-state index in [0.29, 0.717) is 38.8 Å². The summed E-state index contributed by atoms with van der Waals surface area (Å²) in [4.78, 5) is 29.1. The van der Waals surface area contributed by atoms with E-state index in [9.17, 15) is 9.59 Å². The maximum Gasteiger partial charge on any atom is 0.317 e. The van der Waals surface area contributed by atoms with Gasteiger partial charge in [-0.05, 0) is 39.9 Å². The highest BCUT2D eigenvalue weighted by atomic mass is 16.5. The highest BCUT2D eigenvalue weighted by Gasteiger charge is 2.25. The van der Waals surface area contributed by atoms with Crippen LogP contribution in [0.1, 0.15) is 38.5 Å². The number of carboxylic acids is 1. The van der Waals surface area contributed by atoms with Crippen LogP contribution in [0.2, 0.25) is 0 Å². The van der Waals surface area contributed by atoms with E-state index in [1.165, 1.54) is 32.1 Å². The summed E-state index contributed by atoms with van der Waals surface area (Å²) in [5, 5.41) is 11.8. The maximum absolute atomic E-state index is 12.4. The molecule has 2 rings (SSSR count). The molecule has 2 amide bonds. The molecule has 2 aliphatic rings. The van der Waals surface area contributed by atoms with Crippen molar-refractivity contribution in [2.75, 3.05) is 60.0 Å². The van der Waals surface area contributed by atoms with Crippen LogP contribution >= 0.6 is 0 Å². The largest absolute Gasteiger partial charge is 0.480 e. The number of likely N-dealkylation sites (N-methyl/N-ethyl adjacent to an activating group) is 1. The van der Waals surface area contributed by atoms with Crippen LogP contribution in [0.5, 0.6) is 0 Å². The molecule has 1 heterocycles. The third-order valence-corrected chi connectivity index (χ3v) is 5.51. The van der Waals surface area contributed by atoms with E-state index in [-0.39, 0.29) is 18.7 Å². The van der Waals surface area contributed by atoms with Crippen molar-refractivity contribution in [2.24, 2.45) is 0 Å². The van der Waals surface area contributed by atoms with E-state index in [4.69, 9.17) is 9.84 Å². The Morgan fingerprint density at radius 2 is 1.96 bits per heavy atom. The summed E-state index contributed by atoms with van der Waals surface area (Å²) in [5.41, 5.74) is 0. The molecule has 0 bridgehead atoms. The van der Waals surface area contributed by atoms with E-state index in [0.717, 1.165) is 13.0 Å². The van der Waals surface area contributed by atoms with Gasteiger partial charge in [0.2, 0.25) is 0 Å². The van der Waals surface area contributed by atoms with Crippen molar-refractivity contribution in [3.8, 4) is 0 Å².